The summed E-state index contributed by atoms with van der Waals surface area (Å²) in [5.41, 5.74) is 0. The molecule has 3 aliphatic rings. The van der Waals surface area contributed by atoms with Crippen LogP contribution in [-0.4, -0.2) is 84.2 Å². The van der Waals surface area contributed by atoms with Gasteiger partial charge in [0.05, 0.1) is 5.25 Å². The van der Waals surface area contributed by atoms with Crippen molar-refractivity contribution in [3.05, 3.63) is 12.3 Å². The molecule has 1 atom stereocenters. The van der Waals surface area contributed by atoms with Gasteiger partial charge in [-0.05, 0) is 65.0 Å². The van der Waals surface area contributed by atoms with E-state index in [-0.39, 0.29) is 5.25 Å². The van der Waals surface area contributed by atoms with Gasteiger partial charge in [0.1, 0.15) is 5.82 Å². The summed E-state index contributed by atoms with van der Waals surface area (Å²) >= 11 is 0. The maximum atomic E-state index is 12.5. The zero-order chi connectivity index (χ0) is 23.3. The quantitative estimate of drug-likeness (QED) is 0.672. The second-order valence-corrected chi connectivity index (χ2v) is 12.7. The molecule has 3 fully saturated rings. The second kappa shape index (κ2) is 11.3. The zero-order valence-corrected chi connectivity index (χ0v) is 21.3. The number of piperidine rings is 1. The molecule has 3 aliphatic heterocycles. The van der Waals surface area contributed by atoms with Crippen LogP contribution in [0.3, 0.4) is 0 Å². The number of rotatable bonds is 6. The predicted molar refractivity (Wildman–Crippen MR) is 134 cm³/mol. The SMILES string of the molecule is CC(C)S(=O)(=O)N1CCC(N2CCCCC(Nc3nccc(N4CCCCCC4)n3)C2)CC1. The molecule has 0 amide bonds. The van der Waals surface area contributed by atoms with Crippen molar-refractivity contribution in [3.8, 4) is 0 Å². The van der Waals surface area contributed by atoms with Crippen molar-refractivity contribution >= 4 is 21.8 Å². The molecule has 186 valence electrons. The molecule has 0 saturated carbocycles. The van der Waals surface area contributed by atoms with E-state index in [2.05, 4.69) is 20.1 Å². The van der Waals surface area contributed by atoms with Crippen molar-refractivity contribution in [2.75, 3.05) is 49.5 Å². The van der Waals surface area contributed by atoms with Gasteiger partial charge in [0.15, 0.2) is 0 Å². The predicted octanol–water partition coefficient (Wildman–Crippen LogP) is 3.33. The normalized spacial score (nSPS) is 25.1. The van der Waals surface area contributed by atoms with E-state index in [4.69, 9.17) is 4.98 Å². The van der Waals surface area contributed by atoms with Crippen LogP contribution in [0.4, 0.5) is 11.8 Å². The maximum absolute atomic E-state index is 12.5. The molecule has 0 bridgehead atoms. The minimum atomic E-state index is -3.15. The maximum Gasteiger partial charge on any atom is 0.224 e. The van der Waals surface area contributed by atoms with Crippen molar-refractivity contribution < 1.29 is 8.42 Å². The molecule has 3 saturated heterocycles. The number of nitrogens with one attached hydrogen (secondary N) is 1. The van der Waals surface area contributed by atoms with Crippen LogP contribution in [0.5, 0.6) is 0 Å². The molecule has 0 aliphatic carbocycles. The Morgan fingerprint density at radius 3 is 2.33 bits per heavy atom. The van der Waals surface area contributed by atoms with Crippen molar-refractivity contribution in [2.45, 2.75) is 89.0 Å². The van der Waals surface area contributed by atoms with Gasteiger partial charge in [-0.25, -0.2) is 17.7 Å². The van der Waals surface area contributed by atoms with Crippen LogP contribution in [0.15, 0.2) is 12.3 Å². The van der Waals surface area contributed by atoms with Crippen molar-refractivity contribution in [1.82, 2.24) is 19.2 Å². The summed E-state index contributed by atoms with van der Waals surface area (Å²) in [6.07, 6.45) is 12.3. The number of hydrogen-bond acceptors (Lipinski definition) is 7. The largest absolute Gasteiger partial charge is 0.356 e. The minimum absolute atomic E-state index is 0.323. The van der Waals surface area contributed by atoms with E-state index < -0.39 is 10.0 Å². The molecule has 0 spiro atoms. The Balaban J connectivity index is 1.35. The Labute approximate surface area is 200 Å². The van der Waals surface area contributed by atoms with Crippen LogP contribution < -0.4 is 10.2 Å². The summed E-state index contributed by atoms with van der Waals surface area (Å²) < 4.78 is 26.7. The molecule has 4 heterocycles. The summed E-state index contributed by atoms with van der Waals surface area (Å²) in [6, 6.07) is 2.81. The first-order chi connectivity index (χ1) is 15.9. The lowest BCUT2D eigenvalue weighted by Crippen LogP contribution is -2.50. The third-order valence-corrected chi connectivity index (χ3v) is 9.78. The lowest BCUT2D eigenvalue weighted by Gasteiger charge is -2.39. The van der Waals surface area contributed by atoms with Crippen LogP contribution in [-0.2, 0) is 10.0 Å². The van der Waals surface area contributed by atoms with Crippen LogP contribution in [0.1, 0.15) is 71.6 Å². The first-order valence-electron chi connectivity index (χ1n) is 13.0. The molecular weight excluding hydrogens is 436 g/mol. The van der Waals surface area contributed by atoms with Gasteiger partial charge in [-0.1, -0.05) is 19.3 Å². The van der Waals surface area contributed by atoms with Gasteiger partial charge in [-0.2, -0.15) is 4.98 Å². The van der Waals surface area contributed by atoms with Crippen molar-refractivity contribution in [2.24, 2.45) is 0 Å². The van der Waals surface area contributed by atoms with Crippen LogP contribution in [0.25, 0.3) is 0 Å². The lowest BCUT2D eigenvalue weighted by atomic mass is 10.0. The minimum Gasteiger partial charge on any atom is -0.356 e. The highest BCUT2D eigenvalue weighted by Crippen LogP contribution is 2.25. The number of nitrogens with zero attached hydrogens (tertiary/aromatic N) is 5. The summed E-state index contributed by atoms with van der Waals surface area (Å²) in [4.78, 5) is 14.4. The van der Waals surface area contributed by atoms with Gasteiger partial charge < -0.3 is 10.2 Å². The van der Waals surface area contributed by atoms with Gasteiger partial charge in [-0.15, -0.1) is 0 Å². The average molecular weight is 479 g/mol. The van der Waals surface area contributed by atoms with Gasteiger partial charge in [0, 0.05) is 51.0 Å². The van der Waals surface area contributed by atoms with Gasteiger partial charge >= 0.3 is 0 Å². The molecular formula is C24H42N6O2S. The van der Waals surface area contributed by atoms with E-state index in [1.165, 1.54) is 38.5 Å². The van der Waals surface area contributed by atoms with E-state index >= 15 is 0 Å². The second-order valence-electron chi connectivity index (χ2n) is 10.2. The lowest BCUT2D eigenvalue weighted by molar-refractivity contribution is 0.140. The fourth-order valence-electron chi connectivity index (χ4n) is 5.46. The van der Waals surface area contributed by atoms with E-state index in [1.54, 1.807) is 18.2 Å². The van der Waals surface area contributed by atoms with Crippen molar-refractivity contribution in [1.29, 1.82) is 0 Å². The Kier molecular flexibility index (Phi) is 8.46. The van der Waals surface area contributed by atoms with Gasteiger partial charge in [-0.3, -0.25) is 4.90 Å². The molecule has 9 heteroatoms. The van der Waals surface area contributed by atoms with E-state index in [0.29, 0.717) is 25.2 Å². The molecule has 33 heavy (non-hydrogen) atoms. The number of hydrogen-bond donors (Lipinski definition) is 1. The highest BCUT2D eigenvalue weighted by Gasteiger charge is 2.33. The first kappa shape index (κ1) is 24.7. The summed E-state index contributed by atoms with van der Waals surface area (Å²) in [7, 11) is -3.15. The molecule has 0 aromatic carbocycles. The summed E-state index contributed by atoms with van der Waals surface area (Å²) in [5.74, 6) is 1.78. The molecule has 1 unspecified atom stereocenters. The fourth-order valence-corrected chi connectivity index (χ4v) is 6.77. The number of likely N-dealkylation sites (tertiary alicyclic amines) is 1. The highest BCUT2D eigenvalue weighted by atomic mass is 32.2. The molecule has 8 nitrogen and oxygen atoms in total. The first-order valence-corrected chi connectivity index (χ1v) is 14.5. The Morgan fingerprint density at radius 2 is 1.64 bits per heavy atom. The third kappa shape index (κ3) is 6.36. The number of sulfonamides is 1. The van der Waals surface area contributed by atoms with E-state index in [0.717, 1.165) is 57.2 Å². The van der Waals surface area contributed by atoms with E-state index in [9.17, 15) is 8.42 Å². The molecule has 0 radical (unpaired) electrons. The Bertz CT molecular complexity index is 848. The Hall–Kier alpha value is -1.45. The highest BCUT2D eigenvalue weighted by molar-refractivity contribution is 7.89. The molecule has 1 N–H and O–H groups in total. The summed E-state index contributed by atoms with van der Waals surface area (Å²) in [6.45, 7) is 9.06. The smallest absolute Gasteiger partial charge is 0.224 e. The zero-order valence-electron chi connectivity index (χ0n) is 20.5. The third-order valence-electron chi connectivity index (χ3n) is 7.50. The average Bonchev–Trinajstić information content (AvgIpc) is 3.23. The number of anilines is 2. The fraction of sp³-hybridized carbons (Fsp3) is 0.833. The molecule has 1 aromatic heterocycles. The standard InChI is InChI=1S/C24H42N6O2S/c1-20(2)33(31,32)30-17-11-22(12-18-30)29-16-8-5-9-21(19-29)26-24-25-13-10-23(27-24)28-14-6-3-4-7-15-28/h10,13,20-22H,3-9,11-12,14-19H2,1-2H3,(H,25,26,27). The monoisotopic (exact) mass is 478 g/mol. The molecule has 4 rings (SSSR count). The van der Waals surface area contributed by atoms with Crippen LogP contribution in [0, 0.1) is 0 Å². The van der Waals surface area contributed by atoms with Gasteiger partial charge in [0.2, 0.25) is 16.0 Å². The van der Waals surface area contributed by atoms with Crippen molar-refractivity contribution in [3.63, 3.8) is 0 Å². The van der Waals surface area contributed by atoms with E-state index in [1.807, 2.05) is 12.3 Å². The summed E-state index contributed by atoms with van der Waals surface area (Å²) in [5, 5.41) is 3.29. The van der Waals surface area contributed by atoms with Crippen LogP contribution in [0.2, 0.25) is 0 Å². The number of aromatic nitrogens is 2. The topological polar surface area (TPSA) is 81.7 Å². The Morgan fingerprint density at radius 1 is 0.939 bits per heavy atom. The van der Waals surface area contributed by atoms with Crippen LogP contribution >= 0.6 is 0 Å². The van der Waals surface area contributed by atoms with Gasteiger partial charge in [0.25, 0.3) is 0 Å². The molecule has 1 aromatic rings.